The first-order valence-electron chi connectivity index (χ1n) is 5.78. The summed E-state index contributed by atoms with van der Waals surface area (Å²) in [4.78, 5) is 4.14. The molecule has 2 rings (SSSR count). The van der Waals surface area contributed by atoms with Crippen LogP contribution < -0.4 is 10.5 Å². The Hall–Kier alpha value is -0.910. The van der Waals surface area contributed by atoms with Crippen LogP contribution in [-0.2, 0) is 6.42 Å². The fourth-order valence-corrected chi connectivity index (χ4v) is 2.82. The molecule has 3 nitrogen and oxygen atoms in total. The van der Waals surface area contributed by atoms with E-state index in [-0.39, 0.29) is 6.04 Å². The van der Waals surface area contributed by atoms with E-state index in [1.54, 1.807) is 13.3 Å². The van der Waals surface area contributed by atoms with Crippen LogP contribution in [0.3, 0.4) is 0 Å². The smallest absolute Gasteiger partial charge is 0.133 e. The summed E-state index contributed by atoms with van der Waals surface area (Å²) < 4.78 is 7.09. The Balaban J connectivity index is 2.15. The first-order valence-corrected chi connectivity index (χ1v) is 7.37. The lowest BCUT2D eigenvalue weighted by Crippen LogP contribution is -2.13. The average molecular weight is 386 g/mol. The van der Waals surface area contributed by atoms with Gasteiger partial charge in [0.05, 0.1) is 11.6 Å². The summed E-state index contributed by atoms with van der Waals surface area (Å²) in [5.41, 5.74) is 8.40. The normalized spacial score (nSPS) is 12.2. The largest absolute Gasteiger partial charge is 0.496 e. The summed E-state index contributed by atoms with van der Waals surface area (Å²) in [5.74, 6) is 0.806. The molecule has 2 aromatic rings. The van der Waals surface area contributed by atoms with Crippen molar-refractivity contribution >= 4 is 31.9 Å². The highest BCUT2D eigenvalue weighted by Gasteiger charge is 2.10. The van der Waals surface area contributed by atoms with Crippen molar-refractivity contribution in [1.82, 2.24) is 4.98 Å². The Morgan fingerprint density at radius 1 is 1.26 bits per heavy atom. The Labute approximate surface area is 129 Å². The second-order valence-corrected chi connectivity index (χ2v) is 5.99. The van der Waals surface area contributed by atoms with Crippen molar-refractivity contribution in [3.63, 3.8) is 0 Å². The number of rotatable bonds is 4. The van der Waals surface area contributed by atoms with Gasteiger partial charge in [0.1, 0.15) is 5.75 Å². The molecule has 0 saturated carbocycles. The van der Waals surface area contributed by atoms with Gasteiger partial charge in [-0.05, 0) is 67.6 Å². The zero-order valence-corrected chi connectivity index (χ0v) is 13.6. The minimum Gasteiger partial charge on any atom is -0.496 e. The van der Waals surface area contributed by atoms with Crippen molar-refractivity contribution in [2.45, 2.75) is 12.5 Å². The Kier molecular flexibility index (Phi) is 4.96. The van der Waals surface area contributed by atoms with Crippen LogP contribution in [0, 0.1) is 0 Å². The number of pyridine rings is 1. The van der Waals surface area contributed by atoms with Gasteiger partial charge in [-0.3, -0.25) is 4.98 Å². The SMILES string of the molecule is COc1ccc(C(N)Cc2cncc(Br)c2)cc1Br. The molecule has 0 saturated heterocycles. The first kappa shape index (κ1) is 14.5. The van der Waals surface area contributed by atoms with Crippen LogP contribution in [-0.4, -0.2) is 12.1 Å². The number of benzene rings is 1. The van der Waals surface area contributed by atoms with Gasteiger partial charge in [-0.2, -0.15) is 0 Å². The fraction of sp³-hybridized carbons (Fsp3) is 0.214. The van der Waals surface area contributed by atoms with Gasteiger partial charge in [-0.15, -0.1) is 0 Å². The first-order chi connectivity index (χ1) is 9.10. The van der Waals surface area contributed by atoms with Gasteiger partial charge in [0.25, 0.3) is 0 Å². The van der Waals surface area contributed by atoms with Crippen molar-refractivity contribution < 1.29 is 4.74 Å². The van der Waals surface area contributed by atoms with Gasteiger partial charge in [0.2, 0.25) is 0 Å². The molecule has 0 spiro atoms. The molecule has 0 radical (unpaired) electrons. The second kappa shape index (κ2) is 6.50. The van der Waals surface area contributed by atoms with E-state index < -0.39 is 0 Å². The summed E-state index contributed by atoms with van der Waals surface area (Å²) in [5, 5.41) is 0. The van der Waals surface area contributed by atoms with Crippen molar-refractivity contribution in [1.29, 1.82) is 0 Å². The molecule has 0 bridgehead atoms. The summed E-state index contributed by atoms with van der Waals surface area (Å²) in [6, 6.07) is 7.86. The molecule has 100 valence electrons. The summed E-state index contributed by atoms with van der Waals surface area (Å²) in [7, 11) is 1.65. The van der Waals surface area contributed by atoms with Crippen molar-refractivity contribution in [2.24, 2.45) is 5.73 Å². The van der Waals surface area contributed by atoms with Crippen LogP contribution in [0.4, 0.5) is 0 Å². The average Bonchev–Trinajstić information content (AvgIpc) is 2.38. The van der Waals surface area contributed by atoms with Gasteiger partial charge < -0.3 is 10.5 Å². The Morgan fingerprint density at radius 3 is 2.68 bits per heavy atom. The summed E-state index contributed by atoms with van der Waals surface area (Å²) >= 11 is 6.88. The summed E-state index contributed by atoms with van der Waals surface area (Å²) in [6.07, 6.45) is 4.34. The minimum atomic E-state index is -0.0710. The standard InChI is InChI=1S/C14H14Br2N2O/c1-19-14-3-2-10(6-12(14)16)13(17)5-9-4-11(15)8-18-7-9/h2-4,6-8,13H,5,17H2,1H3. The zero-order valence-electron chi connectivity index (χ0n) is 10.4. The molecule has 1 heterocycles. The van der Waals surface area contributed by atoms with E-state index in [9.17, 15) is 0 Å². The molecule has 0 aliphatic rings. The lowest BCUT2D eigenvalue weighted by Gasteiger charge is -2.14. The number of ether oxygens (including phenoxy) is 1. The van der Waals surface area contributed by atoms with E-state index in [0.717, 1.165) is 32.2 Å². The third kappa shape index (κ3) is 3.78. The molecule has 5 heteroatoms. The lowest BCUT2D eigenvalue weighted by molar-refractivity contribution is 0.412. The van der Waals surface area contributed by atoms with E-state index in [2.05, 4.69) is 36.8 Å². The predicted octanol–water partition coefficient (Wildman–Crippen LogP) is 3.86. The van der Waals surface area contributed by atoms with Crippen LogP contribution in [0.1, 0.15) is 17.2 Å². The maximum atomic E-state index is 6.23. The topological polar surface area (TPSA) is 48.1 Å². The number of hydrogen-bond donors (Lipinski definition) is 1. The Morgan fingerprint density at radius 2 is 2.05 bits per heavy atom. The third-order valence-corrected chi connectivity index (χ3v) is 3.87. The third-order valence-electron chi connectivity index (χ3n) is 2.82. The number of methoxy groups -OCH3 is 1. The van der Waals surface area contributed by atoms with Gasteiger partial charge in [-0.25, -0.2) is 0 Å². The number of nitrogens with two attached hydrogens (primary N) is 1. The van der Waals surface area contributed by atoms with Crippen LogP contribution in [0.25, 0.3) is 0 Å². The maximum absolute atomic E-state index is 6.23. The van der Waals surface area contributed by atoms with E-state index in [1.165, 1.54) is 0 Å². The summed E-state index contributed by atoms with van der Waals surface area (Å²) in [6.45, 7) is 0. The monoisotopic (exact) mass is 384 g/mol. The van der Waals surface area contributed by atoms with Gasteiger partial charge >= 0.3 is 0 Å². The van der Waals surface area contributed by atoms with Crippen molar-refractivity contribution in [3.05, 3.63) is 56.7 Å². The van der Waals surface area contributed by atoms with Crippen molar-refractivity contribution in [2.75, 3.05) is 7.11 Å². The quantitative estimate of drug-likeness (QED) is 0.869. The van der Waals surface area contributed by atoms with E-state index in [0.29, 0.717) is 0 Å². The van der Waals surface area contributed by atoms with Gasteiger partial charge in [0, 0.05) is 22.9 Å². The molecule has 2 N–H and O–H groups in total. The van der Waals surface area contributed by atoms with E-state index >= 15 is 0 Å². The molecule has 1 unspecified atom stereocenters. The molecular weight excluding hydrogens is 372 g/mol. The number of aromatic nitrogens is 1. The van der Waals surface area contributed by atoms with Crippen LogP contribution >= 0.6 is 31.9 Å². The van der Waals surface area contributed by atoms with Crippen molar-refractivity contribution in [3.8, 4) is 5.75 Å². The number of nitrogens with zero attached hydrogens (tertiary/aromatic N) is 1. The second-order valence-electron chi connectivity index (χ2n) is 4.22. The molecule has 0 fully saturated rings. The molecule has 0 aliphatic heterocycles. The Bertz CT molecular complexity index is 575. The maximum Gasteiger partial charge on any atom is 0.133 e. The fourth-order valence-electron chi connectivity index (χ4n) is 1.85. The minimum absolute atomic E-state index is 0.0710. The van der Waals surface area contributed by atoms with Crippen LogP contribution in [0.2, 0.25) is 0 Å². The molecule has 19 heavy (non-hydrogen) atoms. The molecule has 0 aliphatic carbocycles. The number of halogens is 2. The lowest BCUT2D eigenvalue weighted by atomic mass is 10.0. The molecular formula is C14H14Br2N2O. The number of hydrogen-bond acceptors (Lipinski definition) is 3. The molecule has 1 aromatic heterocycles. The highest BCUT2D eigenvalue weighted by molar-refractivity contribution is 9.10. The van der Waals surface area contributed by atoms with Gasteiger partial charge in [-0.1, -0.05) is 6.07 Å². The molecule has 0 amide bonds. The highest BCUT2D eigenvalue weighted by Crippen LogP contribution is 2.28. The van der Waals surface area contributed by atoms with Gasteiger partial charge in [0.15, 0.2) is 0 Å². The molecule has 1 atom stereocenters. The molecule has 1 aromatic carbocycles. The van der Waals surface area contributed by atoms with Crippen LogP contribution in [0.15, 0.2) is 45.6 Å². The van der Waals surface area contributed by atoms with E-state index in [1.807, 2.05) is 30.5 Å². The van der Waals surface area contributed by atoms with E-state index in [4.69, 9.17) is 10.5 Å². The zero-order chi connectivity index (χ0) is 13.8. The van der Waals surface area contributed by atoms with Crippen LogP contribution in [0.5, 0.6) is 5.75 Å². The highest BCUT2D eigenvalue weighted by atomic mass is 79.9. The predicted molar refractivity (Wildman–Crippen MR) is 83.3 cm³/mol.